The molecule has 0 radical (unpaired) electrons. The lowest BCUT2D eigenvalue weighted by Crippen LogP contribution is -2.37. The summed E-state index contributed by atoms with van der Waals surface area (Å²) >= 11 is 0. The maximum atomic E-state index is 12.5. The van der Waals surface area contributed by atoms with E-state index in [4.69, 9.17) is 5.90 Å². The zero-order valence-corrected chi connectivity index (χ0v) is 12.6. The van der Waals surface area contributed by atoms with Crippen LogP contribution in [0, 0.1) is 5.92 Å². The number of hydrogen-bond acceptors (Lipinski definition) is 4. The summed E-state index contributed by atoms with van der Waals surface area (Å²) in [5, 5.41) is 0. The number of piperidine rings is 1. The van der Waals surface area contributed by atoms with Crippen LogP contribution in [0.4, 0.5) is 0 Å². The lowest BCUT2D eigenvalue weighted by atomic mass is 10.0. The molecule has 0 atom stereocenters. The maximum absolute atomic E-state index is 12.5. The Hall–Kier alpha value is -0.950. The highest BCUT2D eigenvalue weighted by molar-refractivity contribution is 7.89. The van der Waals surface area contributed by atoms with E-state index >= 15 is 0 Å². The molecule has 1 fully saturated rings. The third kappa shape index (κ3) is 3.58. The first-order valence-corrected chi connectivity index (χ1v) is 8.39. The zero-order chi connectivity index (χ0) is 14.6. The summed E-state index contributed by atoms with van der Waals surface area (Å²) in [6.45, 7) is 3.83. The Bertz CT molecular complexity index is 520. The predicted molar refractivity (Wildman–Crippen MR) is 77.4 cm³/mol. The highest BCUT2D eigenvalue weighted by Gasteiger charge is 2.27. The van der Waals surface area contributed by atoms with Crippen molar-refractivity contribution < 1.29 is 13.3 Å². The number of benzene rings is 1. The Morgan fingerprint density at radius 2 is 1.85 bits per heavy atom. The van der Waals surface area contributed by atoms with E-state index in [1.165, 1.54) is 0 Å². The van der Waals surface area contributed by atoms with Gasteiger partial charge in [-0.15, -0.1) is 0 Å². The highest BCUT2D eigenvalue weighted by Crippen LogP contribution is 2.23. The Kier molecular flexibility index (Phi) is 5.15. The highest BCUT2D eigenvalue weighted by atomic mass is 32.2. The molecule has 1 aliphatic heterocycles. The van der Waals surface area contributed by atoms with Crippen LogP contribution in [-0.4, -0.2) is 32.4 Å². The molecule has 5 nitrogen and oxygen atoms in total. The number of nitrogens with zero attached hydrogens (tertiary/aromatic N) is 1. The van der Waals surface area contributed by atoms with Crippen LogP contribution in [0.2, 0.25) is 0 Å². The van der Waals surface area contributed by atoms with E-state index in [0.717, 1.165) is 18.4 Å². The third-order valence-electron chi connectivity index (χ3n) is 3.81. The molecule has 0 saturated carbocycles. The average molecular weight is 298 g/mol. The first kappa shape index (κ1) is 15.4. The molecule has 0 aliphatic carbocycles. The molecule has 0 bridgehead atoms. The van der Waals surface area contributed by atoms with Crippen molar-refractivity contribution >= 4 is 10.0 Å². The third-order valence-corrected chi connectivity index (χ3v) is 5.73. The summed E-state index contributed by atoms with van der Waals surface area (Å²) in [5.74, 6) is 5.59. The lowest BCUT2D eigenvalue weighted by Gasteiger charge is -2.29. The molecule has 0 spiro atoms. The van der Waals surface area contributed by atoms with Crippen molar-refractivity contribution in [3.63, 3.8) is 0 Å². The second-order valence-electron chi connectivity index (χ2n) is 5.35. The van der Waals surface area contributed by atoms with Crippen LogP contribution in [0.1, 0.15) is 25.3 Å². The lowest BCUT2D eigenvalue weighted by molar-refractivity contribution is 0.141. The molecule has 0 aromatic heterocycles. The maximum Gasteiger partial charge on any atom is 0.243 e. The van der Waals surface area contributed by atoms with E-state index in [1.807, 2.05) is 12.1 Å². The summed E-state index contributed by atoms with van der Waals surface area (Å²) in [5.41, 5.74) is 1.02. The molecule has 1 aromatic rings. The number of sulfonamides is 1. The van der Waals surface area contributed by atoms with Gasteiger partial charge < -0.3 is 4.84 Å². The van der Waals surface area contributed by atoms with Gasteiger partial charge in [-0.2, -0.15) is 4.31 Å². The predicted octanol–water partition coefficient (Wildman–Crippen LogP) is 1.54. The zero-order valence-electron chi connectivity index (χ0n) is 11.8. The standard InChI is InChI=1S/C14H22N2O3S/c1-12-6-9-16(10-7-12)20(17,18)14-4-2-13(3-5-14)8-11-19-15/h2-5,12H,6-11,15H2,1H3. The van der Waals surface area contributed by atoms with E-state index < -0.39 is 10.0 Å². The molecule has 112 valence electrons. The largest absolute Gasteiger partial charge is 0.304 e. The molecule has 1 aliphatic rings. The van der Waals surface area contributed by atoms with Gasteiger partial charge in [-0.05, 0) is 42.9 Å². The van der Waals surface area contributed by atoms with Crippen molar-refractivity contribution in [3.8, 4) is 0 Å². The van der Waals surface area contributed by atoms with E-state index in [2.05, 4.69) is 11.8 Å². The summed E-state index contributed by atoms with van der Waals surface area (Å²) in [4.78, 5) is 4.89. The molecule has 2 N–H and O–H groups in total. The average Bonchev–Trinajstić information content (AvgIpc) is 2.46. The fraction of sp³-hybridized carbons (Fsp3) is 0.571. The molecule has 1 heterocycles. The quantitative estimate of drug-likeness (QED) is 0.837. The Morgan fingerprint density at radius 1 is 1.25 bits per heavy atom. The molecule has 0 unspecified atom stereocenters. The van der Waals surface area contributed by atoms with Gasteiger partial charge >= 0.3 is 0 Å². The molecular weight excluding hydrogens is 276 g/mol. The second-order valence-corrected chi connectivity index (χ2v) is 7.29. The minimum absolute atomic E-state index is 0.365. The van der Waals surface area contributed by atoms with Crippen molar-refractivity contribution in [2.24, 2.45) is 11.8 Å². The molecule has 1 saturated heterocycles. The van der Waals surface area contributed by atoms with Gasteiger partial charge in [0.05, 0.1) is 11.5 Å². The van der Waals surface area contributed by atoms with Crippen LogP contribution in [0.15, 0.2) is 29.2 Å². The van der Waals surface area contributed by atoms with Crippen molar-refractivity contribution in [3.05, 3.63) is 29.8 Å². The van der Waals surface area contributed by atoms with Gasteiger partial charge in [0.25, 0.3) is 0 Å². The van der Waals surface area contributed by atoms with E-state index in [1.54, 1.807) is 16.4 Å². The van der Waals surface area contributed by atoms with Crippen LogP contribution in [0.5, 0.6) is 0 Å². The monoisotopic (exact) mass is 298 g/mol. The summed E-state index contributed by atoms with van der Waals surface area (Å²) in [6, 6.07) is 6.97. The van der Waals surface area contributed by atoms with Crippen LogP contribution in [-0.2, 0) is 21.3 Å². The fourth-order valence-electron chi connectivity index (χ4n) is 2.38. The molecular formula is C14H22N2O3S. The van der Waals surface area contributed by atoms with Gasteiger partial charge in [-0.1, -0.05) is 19.1 Å². The summed E-state index contributed by atoms with van der Waals surface area (Å²) in [6.07, 6.45) is 2.55. The molecule has 6 heteroatoms. The Balaban J connectivity index is 2.09. The van der Waals surface area contributed by atoms with Gasteiger partial charge in [0, 0.05) is 13.1 Å². The van der Waals surface area contributed by atoms with Gasteiger partial charge in [0.15, 0.2) is 0 Å². The van der Waals surface area contributed by atoms with E-state index in [9.17, 15) is 8.42 Å². The Labute approximate surface area is 120 Å². The van der Waals surface area contributed by atoms with Crippen LogP contribution >= 0.6 is 0 Å². The number of nitrogens with two attached hydrogens (primary N) is 1. The van der Waals surface area contributed by atoms with Crippen LogP contribution < -0.4 is 5.90 Å². The fourth-order valence-corrected chi connectivity index (χ4v) is 3.85. The van der Waals surface area contributed by atoms with Gasteiger partial charge in [-0.3, -0.25) is 0 Å². The first-order valence-electron chi connectivity index (χ1n) is 6.95. The van der Waals surface area contributed by atoms with Crippen molar-refractivity contribution in [1.29, 1.82) is 0 Å². The number of hydrogen-bond donors (Lipinski definition) is 1. The molecule has 2 rings (SSSR count). The molecule has 0 amide bonds. The van der Waals surface area contributed by atoms with Gasteiger partial charge in [-0.25, -0.2) is 14.3 Å². The SMILES string of the molecule is CC1CCN(S(=O)(=O)c2ccc(CCON)cc2)CC1. The second kappa shape index (κ2) is 6.67. The molecule has 1 aromatic carbocycles. The summed E-state index contributed by atoms with van der Waals surface area (Å²) < 4.78 is 26.6. The number of rotatable bonds is 5. The van der Waals surface area contributed by atoms with Crippen LogP contribution in [0.3, 0.4) is 0 Å². The molecule has 20 heavy (non-hydrogen) atoms. The minimum atomic E-state index is -3.35. The smallest absolute Gasteiger partial charge is 0.243 e. The van der Waals surface area contributed by atoms with Crippen molar-refractivity contribution in [2.75, 3.05) is 19.7 Å². The minimum Gasteiger partial charge on any atom is -0.304 e. The Morgan fingerprint density at radius 3 is 2.40 bits per heavy atom. The normalized spacial score (nSPS) is 18.3. The van der Waals surface area contributed by atoms with E-state index in [-0.39, 0.29) is 0 Å². The topological polar surface area (TPSA) is 72.6 Å². The van der Waals surface area contributed by atoms with E-state index in [0.29, 0.717) is 36.9 Å². The van der Waals surface area contributed by atoms with Crippen molar-refractivity contribution in [2.45, 2.75) is 31.1 Å². The summed E-state index contributed by atoms with van der Waals surface area (Å²) in [7, 11) is -3.35. The van der Waals surface area contributed by atoms with Crippen LogP contribution in [0.25, 0.3) is 0 Å². The van der Waals surface area contributed by atoms with Crippen molar-refractivity contribution in [1.82, 2.24) is 4.31 Å². The van der Waals surface area contributed by atoms with Gasteiger partial charge in [0.1, 0.15) is 0 Å². The first-order chi connectivity index (χ1) is 9.54. The van der Waals surface area contributed by atoms with Gasteiger partial charge in [0.2, 0.25) is 10.0 Å².